The van der Waals surface area contributed by atoms with Crippen LogP contribution in [0, 0.1) is 11.2 Å². The summed E-state index contributed by atoms with van der Waals surface area (Å²) in [5.74, 6) is -0.642. The SMILES string of the molecule is CNC(=O)[C@@H](NC(=O)c1nc(-c2ccccc2F)n2c1CN(C)CCC2)C(C)(C)C. The Morgan fingerprint density at radius 3 is 2.53 bits per heavy atom. The fourth-order valence-electron chi connectivity index (χ4n) is 3.77. The third-order valence-corrected chi connectivity index (χ3v) is 5.39. The summed E-state index contributed by atoms with van der Waals surface area (Å²) >= 11 is 0. The third-order valence-electron chi connectivity index (χ3n) is 5.39. The van der Waals surface area contributed by atoms with Crippen LogP contribution in [-0.4, -0.2) is 52.9 Å². The molecule has 0 saturated carbocycles. The molecular formula is C22H30FN5O2. The van der Waals surface area contributed by atoms with Gasteiger partial charge in [-0.15, -0.1) is 0 Å². The minimum Gasteiger partial charge on any atom is -0.357 e. The number of halogens is 1. The molecule has 2 aromatic rings. The van der Waals surface area contributed by atoms with Crippen LogP contribution >= 0.6 is 0 Å². The number of hydrogen-bond donors (Lipinski definition) is 2. The first-order chi connectivity index (χ1) is 14.1. The first-order valence-electron chi connectivity index (χ1n) is 10.2. The van der Waals surface area contributed by atoms with Crippen molar-refractivity contribution in [3.63, 3.8) is 0 Å². The first kappa shape index (κ1) is 22.0. The minimum atomic E-state index is -0.729. The average Bonchev–Trinajstić information content (AvgIpc) is 2.91. The maximum Gasteiger partial charge on any atom is 0.272 e. The Bertz CT molecular complexity index is 947. The summed E-state index contributed by atoms with van der Waals surface area (Å²) in [5.41, 5.74) is 0.842. The minimum absolute atomic E-state index is 0.236. The second kappa shape index (κ2) is 8.55. The Hall–Kier alpha value is -2.74. The quantitative estimate of drug-likeness (QED) is 0.804. The Morgan fingerprint density at radius 2 is 1.90 bits per heavy atom. The molecule has 0 saturated heterocycles. The highest BCUT2D eigenvalue weighted by atomic mass is 19.1. The number of benzene rings is 1. The van der Waals surface area contributed by atoms with Crippen LogP contribution in [0.3, 0.4) is 0 Å². The Labute approximate surface area is 176 Å². The summed E-state index contributed by atoms with van der Waals surface area (Å²) in [7, 11) is 3.52. The number of rotatable bonds is 4. The number of aromatic nitrogens is 2. The number of nitrogens with one attached hydrogen (secondary N) is 2. The summed E-state index contributed by atoms with van der Waals surface area (Å²) in [5, 5.41) is 5.46. The number of likely N-dealkylation sites (N-methyl/N-ethyl adjacent to an activating group) is 1. The fraction of sp³-hybridized carbons (Fsp3) is 0.500. The monoisotopic (exact) mass is 415 g/mol. The zero-order valence-electron chi connectivity index (χ0n) is 18.3. The van der Waals surface area contributed by atoms with Crippen molar-refractivity contribution >= 4 is 11.8 Å². The zero-order chi connectivity index (χ0) is 22.1. The molecule has 2 N–H and O–H groups in total. The van der Waals surface area contributed by atoms with E-state index in [4.69, 9.17) is 0 Å². The molecule has 0 fully saturated rings. The highest BCUT2D eigenvalue weighted by Crippen LogP contribution is 2.28. The molecule has 0 aliphatic carbocycles. The predicted molar refractivity (Wildman–Crippen MR) is 113 cm³/mol. The summed E-state index contributed by atoms with van der Waals surface area (Å²) < 4.78 is 16.5. The smallest absolute Gasteiger partial charge is 0.272 e. The van der Waals surface area contributed by atoms with E-state index < -0.39 is 17.4 Å². The lowest BCUT2D eigenvalue weighted by atomic mass is 9.86. The number of fused-ring (bicyclic) bond motifs is 1. The van der Waals surface area contributed by atoms with Gasteiger partial charge in [0.05, 0.1) is 11.3 Å². The molecule has 7 nitrogen and oxygen atoms in total. The lowest BCUT2D eigenvalue weighted by Gasteiger charge is -2.29. The molecule has 3 rings (SSSR count). The molecule has 0 unspecified atom stereocenters. The molecule has 162 valence electrons. The van der Waals surface area contributed by atoms with Crippen LogP contribution in [0.25, 0.3) is 11.4 Å². The van der Waals surface area contributed by atoms with E-state index in [2.05, 4.69) is 20.5 Å². The highest BCUT2D eigenvalue weighted by Gasteiger charge is 2.34. The van der Waals surface area contributed by atoms with Crippen LogP contribution in [-0.2, 0) is 17.9 Å². The summed E-state index contributed by atoms with van der Waals surface area (Å²) in [6, 6.07) is 5.71. The van der Waals surface area contributed by atoms with E-state index in [1.165, 1.54) is 6.07 Å². The van der Waals surface area contributed by atoms with Gasteiger partial charge < -0.3 is 20.1 Å². The van der Waals surface area contributed by atoms with Crippen LogP contribution in [0.5, 0.6) is 0 Å². The second-order valence-electron chi connectivity index (χ2n) is 8.84. The molecule has 1 atom stereocenters. The largest absolute Gasteiger partial charge is 0.357 e. The third kappa shape index (κ3) is 4.38. The van der Waals surface area contributed by atoms with E-state index in [9.17, 15) is 14.0 Å². The Balaban J connectivity index is 2.07. The van der Waals surface area contributed by atoms with Gasteiger partial charge in [-0.1, -0.05) is 32.9 Å². The number of imidazole rings is 1. The van der Waals surface area contributed by atoms with Crippen molar-refractivity contribution in [3.8, 4) is 11.4 Å². The van der Waals surface area contributed by atoms with Gasteiger partial charge >= 0.3 is 0 Å². The highest BCUT2D eigenvalue weighted by molar-refractivity contribution is 5.97. The van der Waals surface area contributed by atoms with Crippen molar-refractivity contribution in [2.45, 2.75) is 46.3 Å². The van der Waals surface area contributed by atoms with Gasteiger partial charge in [0.15, 0.2) is 5.69 Å². The molecule has 0 radical (unpaired) electrons. The maximum absolute atomic E-state index is 14.5. The van der Waals surface area contributed by atoms with E-state index >= 15 is 0 Å². The normalized spacial score (nSPS) is 15.8. The Morgan fingerprint density at radius 1 is 1.20 bits per heavy atom. The van der Waals surface area contributed by atoms with Crippen LogP contribution < -0.4 is 10.6 Å². The zero-order valence-corrected chi connectivity index (χ0v) is 18.3. The van der Waals surface area contributed by atoms with Gasteiger partial charge in [-0.25, -0.2) is 9.37 Å². The van der Waals surface area contributed by atoms with Crippen LogP contribution in [0.1, 0.15) is 43.4 Å². The fourth-order valence-corrected chi connectivity index (χ4v) is 3.77. The molecule has 1 aliphatic rings. The van der Waals surface area contributed by atoms with E-state index in [0.717, 1.165) is 18.7 Å². The molecular weight excluding hydrogens is 385 g/mol. The lowest BCUT2D eigenvalue weighted by molar-refractivity contribution is -0.124. The summed E-state index contributed by atoms with van der Waals surface area (Å²) in [6.07, 6.45) is 0.866. The second-order valence-corrected chi connectivity index (χ2v) is 8.84. The predicted octanol–water partition coefficient (Wildman–Crippen LogP) is 2.42. The molecule has 0 spiro atoms. The van der Waals surface area contributed by atoms with E-state index in [-0.39, 0.29) is 17.4 Å². The standard InChI is InChI=1S/C22H30FN5O2/c1-22(2,3)18(21(30)24-4)26-20(29)17-16-13-27(5)11-8-12-28(16)19(25-17)14-9-6-7-10-15(14)23/h6-7,9-10,18H,8,11-13H2,1-5H3,(H,24,30)(H,26,29)/t18-/m1/s1. The van der Waals surface area contributed by atoms with Crippen molar-refractivity contribution in [2.24, 2.45) is 5.41 Å². The van der Waals surface area contributed by atoms with Crippen molar-refractivity contribution in [1.82, 2.24) is 25.1 Å². The van der Waals surface area contributed by atoms with Gasteiger partial charge in [0.1, 0.15) is 17.7 Å². The van der Waals surface area contributed by atoms with Gasteiger partial charge in [0.25, 0.3) is 5.91 Å². The van der Waals surface area contributed by atoms with Crippen LogP contribution in [0.4, 0.5) is 4.39 Å². The van der Waals surface area contributed by atoms with Crippen LogP contribution in [0.15, 0.2) is 24.3 Å². The Kier molecular flexibility index (Phi) is 6.26. The molecule has 1 aromatic carbocycles. The summed E-state index contributed by atoms with van der Waals surface area (Å²) in [6.45, 7) is 7.69. The first-order valence-corrected chi connectivity index (χ1v) is 10.2. The van der Waals surface area contributed by atoms with Gasteiger partial charge in [-0.2, -0.15) is 0 Å². The van der Waals surface area contributed by atoms with E-state index in [0.29, 0.717) is 24.5 Å². The van der Waals surface area contributed by atoms with Gasteiger partial charge in [0, 0.05) is 20.1 Å². The van der Waals surface area contributed by atoms with Crippen molar-refractivity contribution < 1.29 is 14.0 Å². The van der Waals surface area contributed by atoms with Gasteiger partial charge in [-0.05, 0) is 37.6 Å². The maximum atomic E-state index is 14.5. The number of nitrogens with zero attached hydrogens (tertiary/aromatic N) is 3. The van der Waals surface area contributed by atoms with E-state index in [1.54, 1.807) is 25.2 Å². The number of hydrogen-bond acceptors (Lipinski definition) is 4. The molecule has 1 aliphatic heterocycles. The van der Waals surface area contributed by atoms with Crippen LogP contribution in [0.2, 0.25) is 0 Å². The number of carbonyl (C=O) groups excluding carboxylic acids is 2. The topological polar surface area (TPSA) is 79.3 Å². The van der Waals surface area contributed by atoms with E-state index in [1.807, 2.05) is 32.4 Å². The lowest BCUT2D eigenvalue weighted by Crippen LogP contribution is -2.53. The molecule has 2 amide bonds. The van der Waals surface area contributed by atoms with Crippen molar-refractivity contribution in [2.75, 3.05) is 20.6 Å². The number of amides is 2. The van der Waals surface area contributed by atoms with Gasteiger partial charge in [-0.3, -0.25) is 9.59 Å². The van der Waals surface area contributed by atoms with Gasteiger partial charge in [0.2, 0.25) is 5.91 Å². The van der Waals surface area contributed by atoms with Crippen molar-refractivity contribution in [3.05, 3.63) is 41.5 Å². The van der Waals surface area contributed by atoms with Crippen molar-refractivity contribution in [1.29, 1.82) is 0 Å². The summed E-state index contributed by atoms with van der Waals surface area (Å²) in [4.78, 5) is 32.3. The molecule has 30 heavy (non-hydrogen) atoms. The molecule has 1 aromatic heterocycles. The molecule has 0 bridgehead atoms. The molecule has 2 heterocycles. The molecule has 8 heteroatoms. The number of carbonyl (C=O) groups is 2. The average molecular weight is 416 g/mol.